The molecule has 48 heavy (non-hydrogen) atoms. The Balaban J connectivity index is 1.18. The van der Waals surface area contributed by atoms with Gasteiger partial charge in [-0.1, -0.05) is 44.0 Å². The monoisotopic (exact) mass is 680 g/mol. The summed E-state index contributed by atoms with van der Waals surface area (Å²) in [6.07, 6.45) is -2.63. The van der Waals surface area contributed by atoms with E-state index in [0.717, 1.165) is 37.3 Å². The average Bonchev–Trinajstić information content (AvgIpc) is 3.03. The van der Waals surface area contributed by atoms with Crippen LogP contribution in [0.25, 0.3) is 11.1 Å². The van der Waals surface area contributed by atoms with E-state index in [9.17, 15) is 39.9 Å². The molecule has 1 aliphatic heterocycles. The SMILES string of the molecule is CCCCCc1ccc(C(F)(F)Oc2cc(F)c(C(=O)OC3COC(c4ccc(-c5cc(F)c(F)c(F)c5)c(F)c4)OC3)c(F)c2)cc1. The molecule has 0 bridgehead atoms. The first-order valence-corrected chi connectivity index (χ1v) is 14.9. The van der Waals surface area contributed by atoms with Crippen LogP contribution in [0, 0.1) is 34.9 Å². The zero-order valence-electron chi connectivity index (χ0n) is 25.3. The minimum absolute atomic E-state index is 0.136. The summed E-state index contributed by atoms with van der Waals surface area (Å²) in [5.41, 5.74) is -1.17. The summed E-state index contributed by atoms with van der Waals surface area (Å²) >= 11 is 0. The van der Waals surface area contributed by atoms with E-state index in [1.807, 2.05) is 6.92 Å². The number of rotatable bonds is 11. The highest BCUT2D eigenvalue weighted by Gasteiger charge is 2.36. The Morgan fingerprint density at radius 2 is 1.42 bits per heavy atom. The van der Waals surface area contributed by atoms with Crippen LogP contribution < -0.4 is 4.74 Å². The van der Waals surface area contributed by atoms with Crippen molar-refractivity contribution in [1.82, 2.24) is 0 Å². The van der Waals surface area contributed by atoms with Crippen molar-refractivity contribution in [3.63, 3.8) is 0 Å². The number of halogens is 8. The lowest BCUT2D eigenvalue weighted by Gasteiger charge is -2.29. The molecule has 0 spiro atoms. The summed E-state index contributed by atoms with van der Waals surface area (Å²) in [4.78, 5) is 12.6. The van der Waals surface area contributed by atoms with E-state index in [-0.39, 0.29) is 29.9 Å². The fourth-order valence-electron chi connectivity index (χ4n) is 5.03. The minimum Gasteiger partial charge on any atom is -0.454 e. The first-order chi connectivity index (χ1) is 22.9. The van der Waals surface area contributed by atoms with E-state index < -0.39 is 76.3 Å². The van der Waals surface area contributed by atoms with Crippen LogP contribution in [-0.2, 0) is 26.7 Å². The topological polar surface area (TPSA) is 54.0 Å². The maximum absolute atomic E-state index is 14.8. The highest BCUT2D eigenvalue weighted by Crippen LogP contribution is 2.34. The summed E-state index contributed by atoms with van der Waals surface area (Å²) in [5.74, 6) is -11.0. The van der Waals surface area contributed by atoms with Crippen LogP contribution in [-0.4, -0.2) is 25.3 Å². The third-order valence-electron chi connectivity index (χ3n) is 7.53. The Labute approximate surface area is 270 Å². The molecule has 254 valence electrons. The van der Waals surface area contributed by atoms with Gasteiger partial charge in [0.1, 0.15) is 34.9 Å². The van der Waals surface area contributed by atoms with Crippen LogP contribution in [0.3, 0.4) is 0 Å². The molecule has 0 radical (unpaired) electrons. The van der Waals surface area contributed by atoms with Crippen molar-refractivity contribution >= 4 is 5.97 Å². The Hall–Kier alpha value is -4.49. The molecule has 4 aromatic rings. The Morgan fingerprint density at radius 3 is 2.00 bits per heavy atom. The van der Waals surface area contributed by atoms with Gasteiger partial charge in [0.2, 0.25) is 0 Å². The van der Waals surface area contributed by atoms with Crippen LogP contribution in [0.2, 0.25) is 0 Å². The molecule has 4 aromatic carbocycles. The number of esters is 1. The van der Waals surface area contributed by atoms with E-state index in [1.165, 1.54) is 36.4 Å². The molecule has 1 heterocycles. The molecular formula is C35H28F8O5. The summed E-state index contributed by atoms with van der Waals surface area (Å²) < 4.78 is 135. The summed E-state index contributed by atoms with van der Waals surface area (Å²) in [6, 6.07) is 11.0. The Kier molecular flexibility index (Phi) is 10.7. The van der Waals surface area contributed by atoms with E-state index in [1.54, 1.807) is 0 Å². The van der Waals surface area contributed by atoms with Gasteiger partial charge in [0.05, 0.1) is 18.8 Å². The molecule has 1 saturated heterocycles. The maximum Gasteiger partial charge on any atom is 0.426 e. The quantitative estimate of drug-likeness (QED) is 0.0684. The number of carbonyl (C=O) groups excluding carboxylic acids is 1. The molecule has 5 nitrogen and oxygen atoms in total. The fraction of sp³-hybridized carbons (Fsp3) is 0.286. The lowest BCUT2D eigenvalue weighted by Crippen LogP contribution is -2.35. The number of benzene rings is 4. The molecular weight excluding hydrogens is 652 g/mol. The molecule has 0 aromatic heterocycles. The summed E-state index contributed by atoms with van der Waals surface area (Å²) in [7, 11) is 0. The second kappa shape index (κ2) is 14.7. The maximum atomic E-state index is 14.8. The molecule has 5 rings (SSSR count). The van der Waals surface area contributed by atoms with Gasteiger partial charge < -0.3 is 18.9 Å². The fourth-order valence-corrected chi connectivity index (χ4v) is 5.03. The van der Waals surface area contributed by atoms with Gasteiger partial charge in [-0.25, -0.2) is 31.1 Å². The minimum atomic E-state index is -3.93. The van der Waals surface area contributed by atoms with Gasteiger partial charge in [0.25, 0.3) is 0 Å². The number of hydrogen-bond donors (Lipinski definition) is 0. The van der Waals surface area contributed by atoms with Crippen molar-refractivity contribution < 1.29 is 58.9 Å². The normalized spacial score (nSPS) is 16.5. The molecule has 0 saturated carbocycles. The third-order valence-corrected chi connectivity index (χ3v) is 7.53. The van der Waals surface area contributed by atoms with Crippen molar-refractivity contribution in [3.05, 3.63) is 124 Å². The smallest absolute Gasteiger partial charge is 0.426 e. The standard InChI is InChI=1S/C35H28F8O5/c1-2-3-4-5-19-6-9-22(10-7-19)35(42,43)48-23-15-27(37)31(28(38)16-23)33(44)47-24-17-45-34(46-18-24)20-8-11-25(26(36)12-20)21-13-29(39)32(41)30(40)14-21/h6-16,24,34H,2-5,17-18H2,1H3. The molecule has 0 aliphatic carbocycles. The first-order valence-electron chi connectivity index (χ1n) is 14.9. The molecule has 0 unspecified atom stereocenters. The van der Waals surface area contributed by atoms with Crippen LogP contribution in [0.15, 0.2) is 66.7 Å². The highest BCUT2D eigenvalue weighted by molar-refractivity contribution is 5.90. The summed E-state index contributed by atoms with van der Waals surface area (Å²) in [5, 5.41) is 0. The van der Waals surface area contributed by atoms with Crippen LogP contribution in [0.1, 0.15) is 59.5 Å². The zero-order chi connectivity index (χ0) is 34.6. The molecule has 1 aliphatic rings. The number of ether oxygens (including phenoxy) is 4. The zero-order valence-corrected chi connectivity index (χ0v) is 25.3. The van der Waals surface area contributed by atoms with Crippen molar-refractivity contribution in [3.8, 4) is 16.9 Å². The average molecular weight is 681 g/mol. The first kappa shape index (κ1) is 34.8. The van der Waals surface area contributed by atoms with Crippen molar-refractivity contribution in [1.29, 1.82) is 0 Å². The van der Waals surface area contributed by atoms with Crippen molar-refractivity contribution in [2.75, 3.05) is 13.2 Å². The van der Waals surface area contributed by atoms with Crippen LogP contribution >= 0.6 is 0 Å². The van der Waals surface area contributed by atoms with Gasteiger partial charge in [-0.3, -0.25) is 0 Å². The Bertz CT molecular complexity index is 1730. The lowest BCUT2D eigenvalue weighted by molar-refractivity contribution is -0.220. The van der Waals surface area contributed by atoms with Crippen molar-refractivity contribution in [2.24, 2.45) is 0 Å². The third kappa shape index (κ3) is 7.96. The predicted octanol–water partition coefficient (Wildman–Crippen LogP) is 9.32. The van der Waals surface area contributed by atoms with Gasteiger partial charge in [-0.15, -0.1) is 0 Å². The molecule has 1 fully saturated rings. The predicted molar refractivity (Wildman–Crippen MR) is 156 cm³/mol. The molecule has 0 N–H and O–H groups in total. The Morgan fingerprint density at radius 1 is 0.792 bits per heavy atom. The van der Waals surface area contributed by atoms with Gasteiger partial charge in [-0.05, 0) is 54.3 Å². The van der Waals surface area contributed by atoms with Gasteiger partial charge in [-0.2, -0.15) is 8.78 Å². The number of alkyl halides is 2. The highest BCUT2D eigenvalue weighted by atomic mass is 19.3. The number of aryl methyl sites for hydroxylation is 1. The van der Waals surface area contributed by atoms with Gasteiger partial charge in [0.15, 0.2) is 23.7 Å². The second-order valence-electron chi connectivity index (χ2n) is 11.1. The largest absolute Gasteiger partial charge is 0.454 e. The van der Waals surface area contributed by atoms with Gasteiger partial charge >= 0.3 is 12.1 Å². The number of hydrogen-bond acceptors (Lipinski definition) is 5. The van der Waals surface area contributed by atoms with Crippen LogP contribution in [0.5, 0.6) is 5.75 Å². The number of carbonyl (C=O) groups is 1. The lowest BCUT2D eigenvalue weighted by atomic mass is 10.0. The molecule has 13 heteroatoms. The molecule has 0 atom stereocenters. The van der Waals surface area contributed by atoms with Crippen LogP contribution in [0.4, 0.5) is 35.1 Å². The second-order valence-corrected chi connectivity index (χ2v) is 11.1. The van der Waals surface area contributed by atoms with Crippen molar-refractivity contribution in [2.45, 2.75) is 51.1 Å². The van der Waals surface area contributed by atoms with E-state index >= 15 is 0 Å². The number of unbranched alkanes of at least 4 members (excludes halogenated alkanes) is 2. The molecule has 0 amide bonds. The van der Waals surface area contributed by atoms with Gasteiger partial charge in [0, 0.05) is 23.3 Å². The van der Waals surface area contributed by atoms with E-state index in [4.69, 9.17) is 14.2 Å². The van der Waals surface area contributed by atoms with E-state index in [2.05, 4.69) is 4.74 Å². The van der Waals surface area contributed by atoms with E-state index in [0.29, 0.717) is 24.3 Å². The summed E-state index contributed by atoms with van der Waals surface area (Å²) in [6.45, 7) is 1.36.